The Bertz CT molecular complexity index is 503. The largest absolute Gasteiger partial charge is 0.473 e. The van der Waals surface area contributed by atoms with E-state index in [4.69, 9.17) is 25.5 Å². The van der Waals surface area contributed by atoms with Crippen LogP contribution in [0.3, 0.4) is 0 Å². The summed E-state index contributed by atoms with van der Waals surface area (Å²) < 4.78 is 0. The number of carboxylic acid groups (broad SMARTS) is 2. The number of hydrogen-bond acceptors (Lipinski definition) is 4. The molecular formula is C15H20N2O4. The average molecular weight is 292 g/mol. The van der Waals surface area contributed by atoms with Gasteiger partial charge in [0.05, 0.1) is 0 Å². The zero-order valence-electron chi connectivity index (χ0n) is 11.7. The van der Waals surface area contributed by atoms with Crippen LogP contribution < -0.4 is 10.6 Å². The molecule has 21 heavy (non-hydrogen) atoms. The second-order valence-electron chi connectivity index (χ2n) is 5.47. The number of hydrogen-bond donors (Lipinski definition) is 3. The Balaban J connectivity index is 0.000000232. The molecule has 0 aromatic heterocycles. The molecule has 114 valence electrons. The molecule has 2 fully saturated rings. The first kappa shape index (κ1) is 15.3. The van der Waals surface area contributed by atoms with E-state index in [1.54, 1.807) is 0 Å². The van der Waals surface area contributed by atoms with E-state index in [-0.39, 0.29) is 0 Å². The van der Waals surface area contributed by atoms with Crippen LogP contribution in [0.15, 0.2) is 24.3 Å². The van der Waals surface area contributed by atoms with Crippen molar-refractivity contribution in [1.82, 2.24) is 0 Å². The van der Waals surface area contributed by atoms with E-state index in [2.05, 4.69) is 29.2 Å². The number of benzene rings is 1. The van der Waals surface area contributed by atoms with Gasteiger partial charge in [0.25, 0.3) is 0 Å². The Labute approximate surface area is 123 Å². The van der Waals surface area contributed by atoms with Gasteiger partial charge in [0.15, 0.2) is 0 Å². The number of nitrogens with two attached hydrogens (primary N) is 1. The molecule has 1 saturated carbocycles. The van der Waals surface area contributed by atoms with E-state index < -0.39 is 11.9 Å². The van der Waals surface area contributed by atoms with Gasteiger partial charge in [-0.1, -0.05) is 12.1 Å². The lowest BCUT2D eigenvalue weighted by molar-refractivity contribution is -0.159. The summed E-state index contributed by atoms with van der Waals surface area (Å²) in [5, 5.41) is 14.8. The normalized spacial score (nSPS) is 22.6. The minimum Gasteiger partial charge on any atom is -0.473 e. The first-order valence-electron chi connectivity index (χ1n) is 7.03. The minimum atomic E-state index is -1.82. The molecule has 1 saturated heterocycles. The molecule has 1 aromatic carbocycles. The molecule has 2 unspecified atom stereocenters. The number of piperidine rings is 1. The van der Waals surface area contributed by atoms with E-state index >= 15 is 0 Å². The molecule has 6 nitrogen and oxygen atoms in total. The summed E-state index contributed by atoms with van der Waals surface area (Å²) in [5.74, 6) is -2.69. The lowest BCUT2D eigenvalue weighted by Gasteiger charge is -2.29. The molecule has 4 N–H and O–H groups in total. The predicted octanol–water partition coefficient (Wildman–Crippen LogP) is 1.29. The highest BCUT2D eigenvalue weighted by molar-refractivity contribution is 6.27. The Kier molecular flexibility index (Phi) is 4.80. The van der Waals surface area contributed by atoms with Crippen LogP contribution in [0.1, 0.15) is 24.8 Å². The zero-order valence-corrected chi connectivity index (χ0v) is 11.7. The van der Waals surface area contributed by atoms with Gasteiger partial charge in [-0.3, -0.25) is 0 Å². The van der Waals surface area contributed by atoms with Gasteiger partial charge >= 0.3 is 11.9 Å². The van der Waals surface area contributed by atoms with Crippen molar-refractivity contribution in [1.29, 1.82) is 0 Å². The maximum absolute atomic E-state index is 9.10. The quantitative estimate of drug-likeness (QED) is 0.710. The SMILES string of the molecule is NCc1ccc(N2CC3CCC2C3)cc1.O=C(O)C(=O)O. The summed E-state index contributed by atoms with van der Waals surface area (Å²) in [6.07, 6.45) is 4.25. The van der Waals surface area contributed by atoms with E-state index in [9.17, 15) is 0 Å². The van der Waals surface area contributed by atoms with Gasteiger partial charge in [-0.25, -0.2) is 9.59 Å². The van der Waals surface area contributed by atoms with E-state index in [0.717, 1.165) is 12.0 Å². The Morgan fingerprint density at radius 1 is 1.14 bits per heavy atom. The predicted molar refractivity (Wildman–Crippen MR) is 78.1 cm³/mol. The van der Waals surface area contributed by atoms with Crippen molar-refractivity contribution in [2.45, 2.75) is 31.8 Å². The number of carbonyl (C=O) groups is 2. The van der Waals surface area contributed by atoms with E-state index in [1.165, 1.54) is 37.1 Å². The smallest absolute Gasteiger partial charge is 0.414 e. The third-order valence-electron chi connectivity index (χ3n) is 4.10. The Morgan fingerprint density at radius 2 is 1.76 bits per heavy atom. The Hall–Kier alpha value is -2.08. The van der Waals surface area contributed by atoms with Crippen molar-refractivity contribution in [3.8, 4) is 0 Å². The summed E-state index contributed by atoms with van der Waals surface area (Å²) in [5.41, 5.74) is 8.21. The monoisotopic (exact) mass is 292 g/mol. The second-order valence-corrected chi connectivity index (χ2v) is 5.47. The molecule has 1 heterocycles. The maximum atomic E-state index is 9.10. The highest BCUT2D eigenvalue weighted by Crippen LogP contribution is 2.39. The Morgan fingerprint density at radius 3 is 2.14 bits per heavy atom. The number of carboxylic acids is 2. The molecule has 6 heteroatoms. The van der Waals surface area contributed by atoms with Crippen LogP contribution >= 0.6 is 0 Å². The summed E-state index contributed by atoms with van der Waals surface area (Å²) in [6.45, 7) is 1.92. The van der Waals surface area contributed by atoms with E-state index in [0.29, 0.717) is 6.54 Å². The van der Waals surface area contributed by atoms with Crippen molar-refractivity contribution in [2.24, 2.45) is 11.7 Å². The average Bonchev–Trinajstić information content (AvgIpc) is 3.10. The highest BCUT2D eigenvalue weighted by Gasteiger charge is 2.37. The minimum absolute atomic E-state index is 0.645. The number of aliphatic carboxylic acids is 2. The third-order valence-corrected chi connectivity index (χ3v) is 4.10. The zero-order chi connectivity index (χ0) is 15.4. The van der Waals surface area contributed by atoms with Crippen molar-refractivity contribution in [3.63, 3.8) is 0 Å². The molecule has 0 radical (unpaired) electrons. The summed E-state index contributed by atoms with van der Waals surface area (Å²) >= 11 is 0. The molecule has 2 atom stereocenters. The fraction of sp³-hybridized carbons (Fsp3) is 0.467. The topological polar surface area (TPSA) is 104 Å². The van der Waals surface area contributed by atoms with Gasteiger partial charge < -0.3 is 20.8 Å². The summed E-state index contributed by atoms with van der Waals surface area (Å²) in [6, 6.07) is 9.58. The van der Waals surface area contributed by atoms with Gasteiger partial charge in [0.1, 0.15) is 0 Å². The molecule has 1 aliphatic carbocycles. The number of rotatable bonds is 2. The van der Waals surface area contributed by atoms with Crippen LogP contribution in [0.2, 0.25) is 0 Å². The molecular weight excluding hydrogens is 272 g/mol. The molecule has 1 aliphatic heterocycles. The second kappa shape index (κ2) is 6.58. The van der Waals surface area contributed by atoms with Crippen molar-refractivity contribution in [3.05, 3.63) is 29.8 Å². The molecule has 2 bridgehead atoms. The van der Waals surface area contributed by atoms with Gasteiger partial charge in [0, 0.05) is 24.8 Å². The van der Waals surface area contributed by atoms with Gasteiger partial charge in [-0.2, -0.15) is 0 Å². The van der Waals surface area contributed by atoms with Crippen LogP contribution in [0.4, 0.5) is 5.69 Å². The van der Waals surface area contributed by atoms with Crippen LogP contribution in [-0.4, -0.2) is 34.7 Å². The number of anilines is 1. The first-order chi connectivity index (χ1) is 10.0. The molecule has 2 aliphatic rings. The lowest BCUT2D eigenvalue weighted by Crippen LogP contribution is -2.31. The summed E-state index contributed by atoms with van der Waals surface area (Å²) in [7, 11) is 0. The fourth-order valence-electron chi connectivity index (χ4n) is 3.06. The van der Waals surface area contributed by atoms with Gasteiger partial charge in [-0.05, 0) is 42.9 Å². The number of nitrogens with zero attached hydrogens (tertiary/aromatic N) is 1. The standard InChI is InChI=1S/C13H18N2.C2H2O4/c14-8-10-1-4-12(5-2-10)15-9-11-3-6-13(15)7-11;3-1(4)2(5)6/h1-2,4-5,11,13H,3,6-9,14H2;(H,3,4)(H,5,6). The number of fused-ring (bicyclic) bond motifs is 2. The van der Waals surface area contributed by atoms with Crippen LogP contribution in [0.25, 0.3) is 0 Å². The van der Waals surface area contributed by atoms with Crippen LogP contribution in [0.5, 0.6) is 0 Å². The van der Waals surface area contributed by atoms with Crippen molar-refractivity contribution >= 4 is 17.6 Å². The molecule has 0 spiro atoms. The van der Waals surface area contributed by atoms with Gasteiger partial charge in [-0.15, -0.1) is 0 Å². The lowest BCUT2D eigenvalue weighted by atomic mass is 10.1. The van der Waals surface area contributed by atoms with Gasteiger partial charge in [0.2, 0.25) is 0 Å². The van der Waals surface area contributed by atoms with Crippen LogP contribution in [0, 0.1) is 5.92 Å². The third kappa shape index (κ3) is 3.72. The molecule has 0 amide bonds. The maximum Gasteiger partial charge on any atom is 0.414 e. The van der Waals surface area contributed by atoms with Crippen molar-refractivity contribution < 1.29 is 19.8 Å². The van der Waals surface area contributed by atoms with Crippen molar-refractivity contribution in [2.75, 3.05) is 11.4 Å². The summed E-state index contributed by atoms with van der Waals surface area (Å²) in [4.78, 5) is 20.8. The molecule has 1 aromatic rings. The first-order valence-corrected chi connectivity index (χ1v) is 7.03. The fourth-order valence-corrected chi connectivity index (χ4v) is 3.06. The highest BCUT2D eigenvalue weighted by atomic mass is 16.4. The molecule has 3 rings (SSSR count). The van der Waals surface area contributed by atoms with E-state index in [1.807, 2.05) is 0 Å². The van der Waals surface area contributed by atoms with Crippen LogP contribution in [-0.2, 0) is 16.1 Å².